The summed E-state index contributed by atoms with van der Waals surface area (Å²) >= 11 is 18.2. The van der Waals surface area contributed by atoms with Crippen molar-refractivity contribution >= 4 is 132 Å². The Bertz CT molecular complexity index is 2670. The van der Waals surface area contributed by atoms with Gasteiger partial charge in [0.25, 0.3) is 0 Å². The van der Waals surface area contributed by atoms with E-state index in [1.165, 1.54) is 63.6 Å². The Morgan fingerprint density at radius 3 is 1.44 bits per heavy atom. The zero-order chi connectivity index (χ0) is 51.7. The van der Waals surface area contributed by atoms with Gasteiger partial charge in [-0.2, -0.15) is 0 Å². The molecule has 0 amide bonds. The van der Waals surface area contributed by atoms with E-state index in [4.69, 9.17) is 14.2 Å². The number of unbranched alkanes of at least 4 members (excludes halogenated alkanes) is 2. The number of halogens is 2. The van der Waals surface area contributed by atoms with Crippen LogP contribution in [0.15, 0.2) is 31.8 Å². The van der Waals surface area contributed by atoms with Crippen molar-refractivity contribution in [3.63, 3.8) is 0 Å². The second-order valence-electron chi connectivity index (χ2n) is 21.8. The van der Waals surface area contributed by atoms with Crippen LogP contribution in [0.3, 0.4) is 0 Å². The van der Waals surface area contributed by atoms with Gasteiger partial charge in [0.15, 0.2) is 0 Å². The minimum Gasteiger partial charge on any atom is -0.481 e. The minimum absolute atomic E-state index is 0.218. The normalized spacial score (nSPS) is 16.4. The molecule has 396 valence electrons. The number of ether oxygens (including phenoxy) is 3. The van der Waals surface area contributed by atoms with Gasteiger partial charge in [-0.05, 0) is 124 Å². The maximum Gasteiger partial charge on any atom is 0.348 e. The molecule has 0 spiro atoms. The second kappa shape index (κ2) is 27.1. The molecule has 0 bridgehead atoms. The first-order valence-corrected chi connectivity index (χ1v) is 33.8. The fourth-order valence-electron chi connectivity index (χ4n) is 10.1. The van der Waals surface area contributed by atoms with E-state index in [1.807, 2.05) is 34.8 Å². The monoisotopic (exact) mass is 1220 g/mol. The third-order valence-corrected chi connectivity index (χ3v) is 24.1. The van der Waals surface area contributed by atoms with Crippen molar-refractivity contribution in [1.82, 2.24) is 0 Å². The highest BCUT2D eigenvalue weighted by atomic mass is 79.9. The fourth-order valence-corrected chi connectivity index (χ4v) is 19.3. The molecule has 0 saturated carbocycles. The summed E-state index contributed by atoms with van der Waals surface area (Å²) in [6.07, 6.45) is 20.4. The van der Waals surface area contributed by atoms with Crippen molar-refractivity contribution < 1.29 is 23.8 Å². The van der Waals surface area contributed by atoms with Gasteiger partial charge in [-0.25, -0.2) is 9.59 Å². The van der Waals surface area contributed by atoms with E-state index in [-0.39, 0.29) is 11.9 Å². The van der Waals surface area contributed by atoms with Crippen molar-refractivity contribution in [2.45, 2.75) is 190 Å². The standard InChI is InChI=1S/C59H80Br2O5S6/c1-11-15-23-39(13-3)33-64-57(62)47-29-41-49(69-47)53(71-55(41)60)45-31-43-51(67-45)52-44(66-59(43,27-25-37(9)21-17-19-35(5)6)28-26-38(10)22-18-20-36(7)8)32-46(68-52)54-50-42(56(61)72-54)30-48(70-50)58(63)65-34-40(14-4)24-16-12-2/h29-32,35-40H,11-28,33-34H2,1-10H3. The Morgan fingerprint density at radius 1 is 0.542 bits per heavy atom. The van der Waals surface area contributed by atoms with E-state index >= 15 is 0 Å². The summed E-state index contributed by atoms with van der Waals surface area (Å²) in [6, 6.07) is 8.85. The summed E-state index contributed by atoms with van der Waals surface area (Å²) in [5, 5.41) is 2.15. The molecule has 7 rings (SSSR count). The summed E-state index contributed by atoms with van der Waals surface area (Å²) in [5.74, 6) is 3.92. The zero-order valence-electron chi connectivity index (χ0n) is 44.7. The lowest BCUT2D eigenvalue weighted by molar-refractivity contribution is 0.0324. The summed E-state index contributed by atoms with van der Waals surface area (Å²) in [6.45, 7) is 24.0. The van der Waals surface area contributed by atoms with E-state index in [2.05, 4.69) is 113 Å². The number of fused-ring (bicyclic) bond motifs is 5. The van der Waals surface area contributed by atoms with Crippen LogP contribution in [0.25, 0.3) is 49.4 Å². The molecular weight excluding hydrogens is 1140 g/mol. The molecule has 0 radical (unpaired) electrons. The SMILES string of the molecule is CCCCC(CC)COC(=O)c1cc2c(Br)sc(-c3cc4c(s3)-c3sc(-c5sc(Br)c6cc(C(=O)OCC(CC)CCCC)sc56)cc3C(CCC(C)CCCC(C)C)(CCC(C)CCCC(C)C)O4)c2s1. The van der Waals surface area contributed by atoms with Crippen molar-refractivity contribution in [3.8, 4) is 35.0 Å². The van der Waals surface area contributed by atoms with Gasteiger partial charge >= 0.3 is 11.9 Å². The molecule has 1 aliphatic heterocycles. The van der Waals surface area contributed by atoms with Gasteiger partial charge < -0.3 is 14.2 Å². The molecule has 72 heavy (non-hydrogen) atoms. The van der Waals surface area contributed by atoms with Crippen LogP contribution in [0, 0.1) is 35.5 Å². The van der Waals surface area contributed by atoms with Crippen LogP contribution < -0.4 is 4.74 Å². The van der Waals surface area contributed by atoms with Crippen molar-refractivity contribution in [2.24, 2.45) is 35.5 Å². The Hall–Kier alpha value is -1.58. The molecular formula is C59H80Br2O5S6. The Kier molecular flexibility index (Phi) is 21.9. The fraction of sp³-hybridized carbons (Fsp3) is 0.627. The smallest absolute Gasteiger partial charge is 0.348 e. The first-order chi connectivity index (χ1) is 34.6. The van der Waals surface area contributed by atoms with Crippen molar-refractivity contribution in [1.29, 1.82) is 0 Å². The predicted molar refractivity (Wildman–Crippen MR) is 324 cm³/mol. The summed E-state index contributed by atoms with van der Waals surface area (Å²) in [5.41, 5.74) is 0.833. The number of hydrogen-bond donors (Lipinski definition) is 0. The maximum absolute atomic E-state index is 13.7. The molecule has 5 nitrogen and oxygen atoms in total. The molecule has 6 aromatic rings. The highest BCUT2D eigenvalue weighted by Gasteiger charge is 2.44. The number of hydrogen-bond acceptors (Lipinski definition) is 11. The molecule has 0 aromatic carbocycles. The lowest BCUT2D eigenvalue weighted by atomic mass is 9.78. The van der Waals surface area contributed by atoms with Crippen LogP contribution in [0.1, 0.15) is 210 Å². The van der Waals surface area contributed by atoms with E-state index in [0.717, 1.165) is 120 Å². The number of carbonyl (C=O) groups is 2. The molecule has 0 fully saturated rings. The molecule has 7 heterocycles. The molecule has 0 saturated heterocycles. The highest BCUT2D eigenvalue weighted by molar-refractivity contribution is 9.11. The summed E-state index contributed by atoms with van der Waals surface area (Å²) in [4.78, 5) is 35.8. The first kappa shape index (κ1) is 58.1. The van der Waals surface area contributed by atoms with Gasteiger partial charge in [0.1, 0.15) is 21.1 Å². The van der Waals surface area contributed by atoms with Gasteiger partial charge in [-0.1, -0.05) is 146 Å². The number of rotatable bonds is 30. The first-order valence-electron chi connectivity index (χ1n) is 27.3. The molecule has 0 N–H and O–H groups in total. The highest BCUT2D eigenvalue weighted by Crippen LogP contribution is 2.61. The van der Waals surface area contributed by atoms with E-state index in [9.17, 15) is 9.59 Å². The zero-order valence-corrected chi connectivity index (χ0v) is 52.7. The van der Waals surface area contributed by atoms with Crippen molar-refractivity contribution in [3.05, 3.63) is 47.2 Å². The quantitative estimate of drug-likeness (QED) is 0.0421. The van der Waals surface area contributed by atoms with Crippen LogP contribution in [0.4, 0.5) is 0 Å². The molecule has 13 heteroatoms. The summed E-state index contributed by atoms with van der Waals surface area (Å²) < 4.78 is 24.0. The molecule has 6 aromatic heterocycles. The third-order valence-electron chi connectivity index (χ3n) is 15.0. The molecule has 0 aliphatic carbocycles. The Balaban J connectivity index is 1.28. The average Bonchev–Trinajstić information content (AvgIpc) is 4.22. The third kappa shape index (κ3) is 14.3. The molecule has 4 atom stereocenters. The van der Waals surface area contributed by atoms with Crippen LogP contribution in [-0.2, 0) is 15.1 Å². The lowest BCUT2D eigenvalue weighted by Gasteiger charge is -2.39. The van der Waals surface area contributed by atoms with Crippen LogP contribution in [-0.4, -0.2) is 25.2 Å². The minimum atomic E-state index is -0.488. The van der Waals surface area contributed by atoms with Crippen LogP contribution >= 0.6 is 99.9 Å². The average molecular weight is 1220 g/mol. The summed E-state index contributed by atoms with van der Waals surface area (Å²) in [7, 11) is 0. The largest absolute Gasteiger partial charge is 0.481 e. The number of carbonyl (C=O) groups excluding carboxylic acids is 2. The second-order valence-corrected chi connectivity index (χ2v) is 30.7. The van der Waals surface area contributed by atoms with E-state index in [1.54, 1.807) is 45.3 Å². The molecule has 4 unspecified atom stereocenters. The Labute approximate surface area is 472 Å². The molecule has 1 aliphatic rings. The van der Waals surface area contributed by atoms with Crippen molar-refractivity contribution in [2.75, 3.05) is 13.2 Å². The maximum atomic E-state index is 13.7. The number of thiophene rings is 6. The Morgan fingerprint density at radius 2 is 1.00 bits per heavy atom. The predicted octanol–water partition coefficient (Wildman–Crippen LogP) is 22.7. The van der Waals surface area contributed by atoms with Gasteiger partial charge in [0.05, 0.1) is 54.6 Å². The lowest BCUT2D eigenvalue weighted by Crippen LogP contribution is -2.36. The van der Waals surface area contributed by atoms with E-state index in [0.29, 0.717) is 58.5 Å². The van der Waals surface area contributed by atoms with Gasteiger partial charge in [0.2, 0.25) is 0 Å². The van der Waals surface area contributed by atoms with Crippen LogP contribution in [0.2, 0.25) is 0 Å². The van der Waals surface area contributed by atoms with Gasteiger partial charge in [-0.3, -0.25) is 0 Å². The van der Waals surface area contributed by atoms with Crippen LogP contribution in [0.5, 0.6) is 5.75 Å². The topological polar surface area (TPSA) is 61.8 Å². The number of esters is 2. The van der Waals surface area contributed by atoms with Gasteiger partial charge in [0, 0.05) is 27.3 Å². The van der Waals surface area contributed by atoms with Gasteiger partial charge in [-0.15, -0.1) is 68.0 Å². The van der Waals surface area contributed by atoms with E-state index < -0.39 is 5.60 Å².